The fourth-order valence-corrected chi connectivity index (χ4v) is 1.79. The Hall–Kier alpha value is -1.02. The van der Waals surface area contributed by atoms with Gasteiger partial charge in [0.2, 0.25) is 0 Å². The summed E-state index contributed by atoms with van der Waals surface area (Å²) in [5.74, 6) is 0.675. The number of nitrogens with zero attached hydrogens (tertiary/aromatic N) is 4. The van der Waals surface area contributed by atoms with Crippen molar-refractivity contribution >= 4 is 22.6 Å². The number of tetrazole rings is 1. The van der Waals surface area contributed by atoms with E-state index >= 15 is 0 Å². The summed E-state index contributed by atoms with van der Waals surface area (Å²) in [5, 5.41) is 11.8. The lowest BCUT2D eigenvalue weighted by Gasteiger charge is -2.09. The summed E-state index contributed by atoms with van der Waals surface area (Å²) in [4.78, 5) is 1.44. The molecule has 0 bridgehead atoms. The molecule has 6 heteroatoms. The summed E-state index contributed by atoms with van der Waals surface area (Å²) < 4.78 is 1.20. The van der Waals surface area contributed by atoms with E-state index in [0.29, 0.717) is 12.2 Å². The van der Waals surface area contributed by atoms with E-state index in [1.54, 1.807) is 7.05 Å². The normalized spacial score (nSPS) is 12.7. The first-order valence-corrected chi connectivity index (χ1v) is 5.97. The molecule has 0 saturated heterocycles. The molecule has 0 aliphatic heterocycles. The van der Waals surface area contributed by atoms with E-state index in [0.717, 1.165) is 5.56 Å². The molecule has 0 amide bonds. The quantitative estimate of drug-likeness (QED) is 0.855. The molecule has 0 aliphatic carbocycles. The second-order valence-electron chi connectivity index (χ2n) is 3.56. The summed E-state index contributed by atoms with van der Waals surface area (Å²) in [5.41, 5.74) is 7.16. The standard InChI is InChI=1S/C10H12IN5/c1-16-14-10(13-15-16)6-9(12)7-2-4-8(11)5-3-7/h2-5,9H,6,12H2,1H3. The van der Waals surface area contributed by atoms with Crippen LogP contribution in [0.3, 0.4) is 0 Å². The molecule has 0 aliphatic rings. The second-order valence-corrected chi connectivity index (χ2v) is 4.80. The second kappa shape index (κ2) is 4.88. The lowest BCUT2D eigenvalue weighted by atomic mass is 10.1. The van der Waals surface area contributed by atoms with Crippen molar-refractivity contribution in [1.82, 2.24) is 20.2 Å². The summed E-state index contributed by atoms with van der Waals surface area (Å²) in [6, 6.07) is 8.06. The third-order valence-corrected chi connectivity index (χ3v) is 2.97. The van der Waals surface area contributed by atoms with E-state index in [4.69, 9.17) is 5.73 Å². The molecular weight excluding hydrogens is 317 g/mol. The van der Waals surface area contributed by atoms with Gasteiger partial charge in [0.15, 0.2) is 5.82 Å². The van der Waals surface area contributed by atoms with E-state index < -0.39 is 0 Å². The minimum atomic E-state index is -0.0822. The van der Waals surface area contributed by atoms with Crippen LogP contribution < -0.4 is 5.73 Å². The van der Waals surface area contributed by atoms with Crippen molar-refractivity contribution in [3.63, 3.8) is 0 Å². The number of hydrogen-bond acceptors (Lipinski definition) is 4. The number of aryl methyl sites for hydroxylation is 1. The largest absolute Gasteiger partial charge is 0.324 e. The minimum absolute atomic E-state index is 0.0822. The smallest absolute Gasteiger partial charge is 0.176 e. The molecule has 16 heavy (non-hydrogen) atoms. The highest BCUT2D eigenvalue weighted by Gasteiger charge is 2.10. The molecular formula is C10H12IN5. The van der Waals surface area contributed by atoms with E-state index in [1.165, 1.54) is 8.37 Å². The minimum Gasteiger partial charge on any atom is -0.324 e. The van der Waals surface area contributed by atoms with Crippen LogP contribution in [-0.4, -0.2) is 20.2 Å². The Morgan fingerprint density at radius 1 is 1.38 bits per heavy atom. The Morgan fingerprint density at radius 3 is 2.62 bits per heavy atom. The number of hydrogen-bond donors (Lipinski definition) is 1. The summed E-state index contributed by atoms with van der Waals surface area (Å²) in [6.07, 6.45) is 0.606. The predicted octanol–water partition coefficient (Wildman–Crippen LogP) is 1.06. The molecule has 0 radical (unpaired) electrons. The van der Waals surface area contributed by atoms with Gasteiger partial charge in [0.1, 0.15) is 0 Å². The van der Waals surface area contributed by atoms with Crippen LogP contribution in [0.25, 0.3) is 0 Å². The average Bonchev–Trinajstić information content (AvgIpc) is 2.65. The fourth-order valence-electron chi connectivity index (χ4n) is 1.43. The van der Waals surface area contributed by atoms with Crippen molar-refractivity contribution in [2.45, 2.75) is 12.5 Å². The Labute approximate surface area is 107 Å². The molecule has 1 atom stereocenters. The van der Waals surface area contributed by atoms with Gasteiger partial charge in [-0.05, 0) is 45.5 Å². The van der Waals surface area contributed by atoms with E-state index in [9.17, 15) is 0 Å². The maximum Gasteiger partial charge on any atom is 0.176 e. The molecule has 1 aromatic heterocycles. The molecule has 2 aromatic rings. The Morgan fingerprint density at radius 2 is 2.06 bits per heavy atom. The molecule has 1 unspecified atom stereocenters. The van der Waals surface area contributed by atoms with E-state index in [2.05, 4.69) is 38.0 Å². The fraction of sp³-hybridized carbons (Fsp3) is 0.300. The molecule has 84 valence electrons. The monoisotopic (exact) mass is 329 g/mol. The maximum atomic E-state index is 6.07. The van der Waals surface area contributed by atoms with Gasteiger partial charge in [0.25, 0.3) is 0 Å². The molecule has 5 nitrogen and oxygen atoms in total. The number of nitrogens with two attached hydrogens (primary N) is 1. The SMILES string of the molecule is Cn1nnc(CC(N)c2ccc(I)cc2)n1. The Balaban J connectivity index is 2.08. The lowest BCUT2D eigenvalue weighted by Crippen LogP contribution is -2.14. The number of aromatic nitrogens is 4. The number of halogens is 1. The van der Waals surface area contributed by atoms with Crippen molar-refractivity contribution < 1.29 is 0 Å². The first-order chi connectivity index (χ1) is 7.65. The van der Waals surface area contributed by atoms with Crippen molar-refractivity contribution in [2.24, 2.45) is 12.8 Å². The number of benzene rings is 1. The molecule has 0 fully saturated rings. The zero-order valence-corrected chi connectivity index (χ0v) is 11.0. The lowest BCUT2D eigenvalue weighted by molar-refractivity contribution is 0.622. The van der Waals surface area contributed by atoms with Crippen molar-refractivity contribution in [1.29, 1.82) is 0 Å². The zero-order chi connectivity index (χ0) is 11.5. The molecule has 2 rings (SSSR count). The van der Waals surface area contributed by atoms with Gasteiger partial charge < -0.3 is 5.73 Å². The van der Waals surface area contributed by atoms with Gasteiger partial charge in [-0.1, -0.05) is 12.1 Å². The van der Waals surface area contributed by atoms with Crippen LogP contribution in [0, 0.1) is 3.57 Å². The summed E-state index contributed by atoms with van der Waals surface area (Å²) in [7, 11) is 1.74. The first kappa shape index (κ1) is 11.5. The molecule has 1 aromatic carbocycles. The highest BCUT2D eigenvalue weighted by atomic mass is 127. The van der Waals surface area contributed by atoms with Crippen LogP contribution in [0.15, 0.2) is 24.3 Å². The third-order valence-electron chi connectivity index (χ3n) is 2.25. The highest BCUT2D eigenvalue weighted by molar-refractivity contribution is 14.1. The van der Waals surface area contributed by atoms with Gasteiger partial charge in [-0.15, -0.1) is 10.2 Å². The van der Waals surface area contributed by atoms with Crippen LogP contribution in [0.1, 0.15) is 17.4 Å². The van der Waals surface area contributed by atoms with Crippen LogP contribution in [0.4, 0.5) is 0 Å². The van der Waals surface area contributed by atoms with Crippen LogP contribution in [0.2, 0.25) is 0 Å². The van der Waals surface area contributed by atoms with Crippen molar-refractivity contribution in [3.05, 3.63) is 39.2 Å². The van der Waals surface area contributed by atoms with Gasteiger partial charge in [-0.3, -0.25) is 0 Å². The average molecular weight is 329 g/mol. The van der Waals surface area contributed by atoms with Crippen LogP contribution in [-0.2, 0) is 13.5 Å². The zero-order valence-electron chi connectivity index (χ0n) is 8.84. The first-order valence-electron chi connectivity index (χ1n) is 4.89. The molecule has 0 saturated carbocycles. The summed E-state index contributed by atoms with van der Waals surface area (Å²) >= 11 is 2.27. The molecule has 2 N–H and O–H groups in total. The highest BCUT2D eigenvalue weighted by Crippen LogP contribution is 2.15. The van der Waals surface area contributed by atoms with Crippen LogP contribution in [0.5, 0.6) is 0 Å². The molecule has 1 heterocycles. The van der Waals surface area contributed by atoms with Crippen LogP contribution >= 0.6 is 22.6 Å². The van der Waals surface area contributed by atoms with Gasteiger partial charge >= 0.3 is 0 Å². The third kappa shape index (κ3) is 2.76. The van der Waals surface area contributed by atoms with Gasteiger partial charge in [-0.25, -0.2) is 0 Å². The predicted molar refractivity (Wildman–Crippen MR) is 68.6 cm³/mol. The topological polar surface area (TPSA) is 69.6 Å². The van der Waals surface area contributed by atoms with Gasteiger partial charge in [0, 0.05) is 16.0 Å². The van der Waals surface area contributed by atoms with Crippen molar-refractivity contribution in [3.8, 4) is 0 Å². The number of rotatable bonds is 3. The Kier molecular flexibility index (Phi) is 3.49. The van der Waals surface area contributed by atoms with Gasteiger partial charge in [0.05, 0.1) is 7.05 Å². The summed E-state index contributed by atoms with van der Waals surface area (Å²) in [6.45, 7) is 0. The van der Waals surface area contributed by atoms with E-state index in [1.807, 2.05) is 24.3 Å². The maximum absolute atomic E-state index is 6.07. The van der Waals surface area contributed by atoms with Gasteiger partial charge in [-0.2, -0.15) is 4.80 Å². The molecule has 0 spiro atoms. The van der Waals surface area contributed by atoms with E-state index in [-0.39, 0.29) is 6.04 Å². The Bertz CT molecular complexity index is 464. The van der Waals surface area contributed by atoms with Crippen molar-refractivity contribution in [2.75, 3.05) is 0 Å².